The van der Waals surface area contributed by atoms with Crippen molar-refractivity contribution >= 4 is 28.3 Å². The molecule has 3 N–H and O–H groups in total. The number of rotatable bonds is 5. The van der Waals surface area contributed by atoms with Crippen LogP contribution in [-0.2, 0) is 4.74 Å². The third-order valence-electron chi connectivity index (χ3n) is 3.96. The number of ether oxygens (including phenoxy) is 1. The molecule has 0 aliphatic heterocycles. The molecule has 1 heterocycles. The molecule has 0 spiro atoms. The van der Waals surface area contributed by atoms with Gasteiger partial charge in [0.1, 0.15) is 10.6 Å². The number of nitrogens with one attached hydrogen (secondary N) is 1. The first-order valence-corrected chi connectivity index (χ1v) is 8.11. The Morgan fingerprint density at radius 2 is 2.10 bits per heavy atom. The number of carbonyl (C=O) groups excluding carboxylic acids is 1. The molecule has 0 unspecified atom stereocenters. The lowest BCUT2D eigenvalue weighted by Gasteiger charge is -2.28. The predicted molar refractivity (Wildman–Crippen MR) is 82.1 cm³/mol. The maximum Gasteiger partial charge on any atom is 0.344 e. The number of carbonyl (C=O) groups is 1. The summed E-state index contributed by atoms with van der Waals surface area (Å²) in [6.45, 7) is 4.38. The zero-order chi connectivity index (χ0) is 14.5. The number of nitrogen functional groups attached to an aromatic ring is 1. The number of anilines is 2. The van der Waals surface area contributed by atoms with Crippen molar-refractivity contribution in [1.29, 1.82) is 0 Å². The molecule has 1 aliphatic carbocycles. The van der Waals surface area contributed by atoms with Gasteiger partial charge in [0, 0.05) is 6.04 Å². The van der Waals surface area contributed by atoms with E-state index >= 15 is 0 Å². The molecule has 112 valence electrons. The van der Waals surface area contributed by atoms with Crippen molar-refractivity contribution in [1.82, 2.24) is 4.37 Å². The van der Waals surface area contributed by atoms with Gasteiger partial charge in [0.15, 0.2) is 5.82 Å². The second-order valence-electron chi connectivity index (χ2n) is 5.26. The molecule has 5 nitrogen and oxygen atoms in total. The molecular formula is C14H23N3O2S. The van der Waals surface area contributed by atoms with Gasteiger partial charge in [-0.2, -0.15) is 4.37 Å². The van der Waals surface area contributed by atoms with E-state index in [-0.39, 0.29) is 11.8 Å². The highest BCUT2D eigenvalue weighted by Gasteiger charge is 2.25. The Kier molecular flexibility index (Phi) is 5.23. The maximum atomic E-state index is 11.9. The molecule has 6 heteroatoms. The quantitative estimate of drug-likeness (QED) is 0.816. The van der Waals surface area contributed by atoms with Crippen molar-refractivity contribution in [3.05, 3.63) is 5.56 Å². The van der Waals surface area contributed by atoms with Crippen LogP contribution in [0.5, 0.6) is 0 Å². The van der Waals surface area contributed by atoms with Gasteiger partial charge in [0.2, 0.25) is 0 Å². The number of nitrogens with two attached hydrogens (primary N) is 1. The highest BCUT2D eigenvalue weighted by Crippen LogP contribution is 2.33. The van der Waals surface area contributed by atoms with Crippen molar-refractivity contribution < 1.29 is 9.53 Å². The molecule has 1 aliphatic rings. The van der Waals surface area contributed by atoms with Crippen LogP contribution in [0.3, 0.4) is 0 Å². The molecule has 0 saturated heterocycles. The van der Waals surface area contributed by atoms with Crippen LogP contribution in [-0.4, -0.2) is 23.0 Å². The highest BCUT2D eigenvalue weighted by molar-refractivity contribution is 7.11. The fourth-order valence-electron chi connectivity index (χ4n) is 2.70. The Labute approximate surface area is 124 Å². The van der Waals surface area contributed by atoms with Crippen LogP contribution >= 0.6 is 11.5 Å². The molecule has 1 saturated carbocycles. The zero-order valence-corrected chi connectivity index (χ0v) is 13.0. The van der Waals surface area contributed by atoms with Gasteiger partial charge in [0.05, 0.1) is 6.61 Å². The molecule has 0 amide bonds. The van der Waals surface area contributed by atoms with E-state index in [0.29, 0.717) is 18.2 Å². The average molecular weight is 297 g/mol. The van der Waals surface area contributed by atoms with E-state index in [0.717, 1.165) is 23.8 Å². The van der Waals surface area contributed by atoms with E-state index < -0.39 is 0 Å². The van der Waals surface area contributed by atoms with Crippen molar-refractivity contribution in [2.45, 2.75) is 52.0 Å². The maximum absolute atomic E-state index is 11.9. The summed E-state index contributed by atoms with van der Waals surface area (Å²) in [4.78, 5) is 11.9. The third-order valence-corrected chi connectivity index (χ3v) is 4.75. The predicted octanol–water partition coefficient (Wildman–Crippen LogP) is 3.28. The van der Waals surface area contributed by atoms with Gasteiger partial charge in [-0.3, -0.25) is 0 Å². The first-order chi connectivity index (χ1) is 9.65. The van der Waals surface area contributed by atoms with Crippen molar-refractivity contribution in [2.75, 3.05) is 17.7 Å². The second kappa shape index (κ2) is 6.92. The van der Waals surface area contributed by atoms with E-state index in [1.165, 1.54) is 30.8 Å². The minimum Gasteiger partial charge on any atom is -0.462 e. The Bertz CT molecular complexity index is 453. The van der Waals surface area contributed by atoms with Crippen LogP contribution in [0.4, 0.5) is 10.8 Å². The molecular weight excluding hydrogens is 274 g/mol. The minimum atomic E-state index is -0.386. The lowest BCUT2D eigenvalue weighted by Crippen LogP contribution is -2.26. The van der Waals surface area contributed by atoms with Gasteiger partial charge >= 0.3 is 5.97 Å². The first kappa shape index (κ1) is 15.1. The fourth-order valence-corrected chi connectivity index (χ4v) is 3.48. The Balaban J connectivity index is 2.01. The largest absolute Gasteiger partial charge is 0.462 e. The van der Waals surface area contributed by atoms with Crippen molar-refractivity contribution in [2.24, 2.45) is 5.92 Å². The lowest BCUT2D eigenvalue weighted by molar-refractivity contribution is 0.0529. The van der Waals surface area contributed by atoms with Crippen LogP contribution in [0, 0.1) is 5.92 Å². The summed E-state index contributed by atoms with van der Waals surface area (Å²) >= 11 is 1.24. The van der Waals surface area contributed by atoms with Crippen LogP contribution in [0.15, 0.2) is 0 Å². The molecule has 1 fully saturated rings. The fraction of sp³-hybridized carbons (Fsp3) is 0.714. The van der Waals surface area contributed by atoms with E-state index in [1.807, 2.05) is 0 Å². The smallest absolute Gasteiger partial charge is 0.344 e. The summed E-state index contributed by atoms with van der Waals surface area (Å²) in [5, 5.41) is 4.18. The lowest BCUT2D eigenvalue weighted by atomic mass is 9.84. The van der Waals surface area contributed by atoms with Crippen LogP contribution in [0.1, 0.15) is 56.3 Å². The van der Waals surface area contributed by atoms with Crippen LogP contribution < -0.4 is 11.1 Å². The SMILES string of the molecule is CCOC(=O)c1c(N)nsc1NC1CCC(CC)CC1. The first-order valence-electron chi connectivity index (χ1n) is 7.34. The molecule has 1 aromatic heterocycles. The van der Waals surface area contributed by atoms with Gasteiger partial charge in [0.25, 0.3) is 0 Å². The van der Waals surface area contributed by atoms with E-state index in [2.05, 4.69) is 16.6 Å². The Morgan fingerprint density at radius 1 is 1.40 bits per heavy atom. The minimum absolute atomic E-state index is 0.262. The van der Waals surface area contributed by atoms with Gasteiger partial charge in [-0.1, -0.05) is 13.3 Å². The van der Waals surface area contributed by atoms with Crippen LogP contribution in [0.2, 0.25) is 0 Å². The number of hydrogen-bond acceptors (Lipinski definition) is 6. The van der Waals surface area contributed by atoms with E-state index in [4.69, 9.17) is 10.5 Å². The molecule has 0 aromatic carbocycles. The van der Waals surface area contributed by atoms with Gasteiger partial charge < -0.3 is 15.8 Å². The number of hydrogen-bond donors (Lipinski definition) is 2. The van der Waals surface area contributed by atoms with Gasteiger partial charge in [-0.15, -0.1) is 0 Å². The van der Waals surface area contributed by atoms with Crippen LogP contribution in [0.25, 0.3) is 0 Å². The monoisotopic (exact) mass is 297 g/mol. The number of aromatic nitrogens is 1. The highest BCUT2D eigenvalue weighted by atomic mass is 32.1. The summed E-state index contributed by atoms with van der Waals surface area (Å²) in [6.07, 6.45) is 6.03. The standard InChI is InChI=1S/C14H23N3O2S/c1-3-9-5-7-10(8-6-9)16-13-11(12(15)17-20-13)14(18)19-4-2/h9-10,16H,3-8H2,1-2H3,(H2,15,17). The number of esters is 1. The summed E-state index contributed by atoms with van der Waals surface area (Å²) in [5.41, 5.74) is 6.18. The molecule has 0 radical (unpaired) electrons. The molecule has 1 aromatic rings. The molecule has 0 atom stereocenters. The molecule has 20 heavy (non-hydrogen) atoms. The third kappa shape index (κ3) is 3.42. The molecule has 0 bridgehead atoms. The zero-order valence-electron chi connectivity index (χ0n) is 12.1. The van der Waals surface area contributed by atoms with Crippen molar-refractivity contribution in [3.63, 3.8) is 0 Å². The summed E-state index contributed by atoms with van der Waals surface area (Å²) in [7, 11) is 0. The topological polar surface area (TPSA) is 77.2 Å². The van der Waals surface area contributed by atoms with Crippen molar-refractivity contribution in [3.8, 4) is 0 Å². The van der Waals surface area contributed by atoms with E-state index in [9.17, 15) is 4.79 Å². The molecule has 2 rings (SSSR count). The van der Waals surface area contributed by atoms with Gasteiger partial charge in [-0.25, -0.2) is 4.79 Å². The number of nitrogens with zero attached hydrogens (tertiary/aromatic N) is 1. The summed E-state index contributed by atoms with van der Waals surface area (Å²) in [6, 6.07) is 0.408. The summed E-state index contributed by atoms with van der Waals surface area (Å²) < 4.78 is 9.11. The van der Waals surface area contributed by atoms with E-state index in [1.54, 1.807) is 6.92 Å². The Hall–Kier alpha value is -1.30. The summed E-state index contributed by atoms with van der Waals surface area (Å²) in [5.74, 6) is 0.728. The second-order valence-corrected chi connectivity index (χ2v) is 6.04. The Morgan fingerprint density at radius 3 is 2.70 bits per heavy atom. The average Bonchev–Trinajstić information content (AvgIpc) is 2.81. The van der Waals surface area contributed by atoms with Gasteiger partial charge in [-0.05, 0) is 50.1 Å². The normalized spacial score (nSPS) is 22.5.